The molecule has 2 fully saturated rings. The van der Waals surface area contributed by atoms with Gasteiger partial charge in [-0.3, -0.25) is 4.79 Å². The largest absolute Gasteiger partial charge is 0.469 e. The second-order valence-corrected chi connectivity index (χ2v) is 8.26. The fraction of sp³-hybridized carbons (Fsp3) is 0.667. The molecule has 0 saturated carbocycles. The summed E-state index contributed by atoms with van der Waals surface area (Å²) in [5.74, 6) is 0.548. The van der Waals surface area contributed by atoms with Crippen LogP contribution in [0.4, 0.5) is 0 Å². The topological polar surface area (TPSA) is 88.9 Å². The first-order chi connectivity index (χ1) is 10.8. The van der Waals surface area contributed by atoms with Crippen LogP contribution >= 0.6 is 0 Å². The molecule has 2 aliphatic heterocycles. The van der Waals surface area contributed by atoms with E-state index in [1.54, 1.807) is 17.9 Å². The van der Waals surface area contributed by atoms with E-state index in [-0.39, 0.29) is 11.9 Å². The van der Waals surface area contributed by atoms with Gasteiger partial charge < -0.3 is 14.1 Å². The Bertz CT molecular complexity index is 698. The van der Waals surface area contributed by atoms with Crippen molar-refractivity contribution in [2.24, 2.45) is 0 Å². The van der Waals surface area contributed by atoms with E-state index in [2.05, 4.69) is 4.72 Å². The molecule has 1 N–H and O–H groups in total. The summed E-state index contributed by atoms with van der Waals surface area (Å²) >= 11 is 0. The fourth-order valence-corrected chi connectivity index (χ4v) is 4.32. The average molecular weight is 342 g/mol. The summed E-state index contributed by atoms with van der Waals surface area (Å²) in [4.78, 5) is 14.3. The van der Waals surface area contributed by atoms with Crippen LogP contribution in [0, 0.1) is 6.92 Å². The summed E-state index contributed by atoms with van der Waals surface area (Å²) < 4.78 is 36.7. The number of carbonyl (C=O) groups is 1. The standard InChI is InChI=1S/C15H22N2O5S/c1-11-13(4-7-21-11)14(18)17-6-5-15(10-17)9-12(3-8-22-15)16-23(2,19)20/h4,7,12,16H,3,5-6,8-10H2,1-2H3/t12-,15+/m0/s1. The normalized spacial score (nSPS) is 28.4. The van der Waals surface area contributed by atoms with E-state index in [9.17, 15) is 13.2 Å². The zero-order valence-corrected chi connectivity index (χ0v) is 14.2. The first kappa shape index (κ1) is 16.5. The maximum absolute atomic E-state index is 12.6. The van der Waals surface area contributed by atoms with Gasteiger partial charge >= 0.3 is 0 Å². The van der Waals surface area contributed by atoms with Gasteiger partial charge in [0.15, 0.2) is 0 Å². The van der Waals surface area contributed by atoms with Crippen molar-refractivity contribution >= 4 is 15.9 Å². The summed E-state index contributed by atoms with van der Waals surface area (Å²) in [7, 11) is -3.24. The van der Waals surface area contributed by atoms with Crippen LogP contribution in [0.1, 0.15) is 35.4 Å². The van der Waals surface area contributed by atoms with Crippen LogP contribution < -0.4 is 4.72 Å². The number of furan rings is 1. The van der Waals surface area contributed by atoms with Crippen molar-refractivity contribution in [3.63, 3.8) is 0 Å². The zero-order valence-electron chi connectivity index (χ0n) is 13.4. The van der Waals surface area contributed by atoms with Crippen molar-refractivity contribution in [3.05, 3.63) is 23.7 Å². The number of aryl methyl sites for hydroxylation is 1. The van der Waals surface area contributed by atoms with E-state index in [0.717, 1.165) is 6.42 Å². The summed E-state index contributed by atoms with van der Waals surface area (Å²) in [6, 6.07) is 1.54. The minimum atomic E-state index is -3.24. The molecule has 0 unspecified atom stereocenters. The molecule has 2 atom stereocenters. The van der Waals surface area contributed by atoms with Gasteiger partial charge in [0.25, 0.3) is 5.91 Å². The van der Waals surface area contributed by atoms with Crippen molar-refractivity contribution in [2.45, 2.75) is 37.8 Å². The van der Waals surface area contributed by atoms with Crippen LogP contribution in [-0.2, 0) is 14.8 Å². The van der Waals surface area contributed by atoms with Crippen molar-refractivity contribution in [1.82, 2.24) is 9.62 Å². The SMILES string of the molecule is Cc1occc1C(=O)N1CC[C@@]2(C[C@@H](NS(C)(=O)=O)CCO2)C1. The van der Waals surface area contributed by atoms with E-state index >= 15 is 0 Å². The molecule has 3 rings (SSSR count). The summed E-state index contributed by atoms with van der Waals surface area (Å²) in [6.07, 6.45) is 4.65. The maximum atomic E-state index is 12.6. The predicted molar refractivity (Wildman–Crippen MR) is 83.7 cm³/mol. The predicted octanol–water partition coefficient (Wildman–Crippen LogP) is 0.901. The van der Waals surface area contributed by atoms with Crippen molar-refractivity contribution in [1.29, 1.82) is 0 Å². The van der Waals surface area contributed by atoms with Gasteiger partial charge in [0.1, 0.15) is 5.76 Å². The Balaban J connectivity index is 1.68. The molecule has 2 aliphatic rings. The number of carbonyl (C=O) groups excluding carboxylic acids is 1. The van der Waals surface area contributed by atoms with E-state index < -0.39 is 15.6 Å². The molecule has 2 saturated heterocycles. The molecule has 128 valence electrons. The van der Waals surface area contributed by atoms with Gasteiger partial charge in [-0.15, -0.1) is 0 Å². The number of ether oxygens (including phenoxy) is 1. The second kappa shape index (κ2) is 5.92. The Morgan fingerprint density at radius 2 is 2.26 bits per heavy atom. The number of nitrogens with one attached hydrogen (secondary N) is 1. The molecule has 1 amide bonds. The lowest BCUT2D eigenvalue weighted by Gasteiger charge is -2.38. The van der Waals surface area contributed by atoms with E-state index in [1.165, 1.54) is 12.5 Å². The average Bonchev–Trinajstić information content (AvgIpc) is 3.03. The van der Waals surface area contributed by atoms with Crippen molar-refractivity contribution in [2.75, 3.05) is 26.0 Å². The number of hydrogen-bond donors (Lipinski definition) is 1. The molecule has 0 aromatic carbocycles. The first-order valence-electron chi connectivity index (χ1n) is 7.73. The van der Waals surface area contributed by atoms with Crippen LogP contribution in [0.3, 0.4) is 0 Å². The molecule has 1 aromatic heterocycles. The monoisotopic (exact) mass is 342 g/mol. The summed E-state index contributed by atoms with van der Waals surface area (Å²) in [5, 5.41) is 0. The molecule has 8 heteroatoms. The third-order valence-electron chi connectivity index (χ3n) is 4.57. The Kier molecular flexibility index (Phi) is 4.24. The lowest BCUT2D eigenvalue weighted by atomic mass is 9.90. The van der Waals surface area contributed by atoms with Gasteiger partial charge in [-0.1, -0.05) is 0 Å². The fourth-order valence-electron chi connectivity index (χ4n) is 3.51. The highest BCUT2D eigenvalue weighted by atomic mass is 32.2. The highest BCUT2D eigenvalue weighted by molar-refractivity contribution is 7.88. The van der Waals surface area contributed by atoms with Gasteiger partial charge in [0, 0.05) is 19.2 Å². The van der Waals surface area contributed by atoms with Crippen LogP contribution in [0.15, 0.2) is 16.7 Å². The number of sulfonamides is 1. The van der Waals surface area contributed by atoms with Crippen LogP contribution in [0.25, 0.3) is 0 Å². The van der Waals surface area contributed by atoms with Crippen LogP contribution in [0.2, 0.25) is 0 Å². The lowest BCUT2D eigenvalue weighted by Crippen LogP contribution is -2.50. The molecule has 1 aromatic rings. The quantitative estimate of drug-likeness (QED) is 0.882. The molecule has 3 heterocycles. The highest BCUT2D eigenvalue weighted by Gasteiger charge is 2.45. The maximum Gasteiger partial charge on any atom is 0.257 e. The number of likely N-dealkylation sites (tertiary alicyclic amines) is 1. The van der Waals surface area contributed by atoms with Gasteiger partial charge in [0.2, 0.25) is 10.0 Å². The third kappa shape index (κ3) is 3.59. The molecule has 0 radical (unpaired) electrons. The van der Waals surface area contributed by atoms with Gasteiger partial charge in [-0.05, 0) is 32.3 Å². The van der Waals surface area contributed by atoms with Gasteiger partial charge in [-0.25, -0.2) is 13.1 Å². The summed E-state index contributed by atoms with van der Waals surface area (Å²) in [6.45, 7) is 3.36. The Morgan fingerprint density at radius 3 is 2.91 bits per heavy atom. The van der Waals surface area contributed by atoms with Crippen LogP contribution in [-0.4, -0.2) is 56.8 Å². The molecular formula is C15H22N2O5S. The first-order valence-corrected chi connectivity index (χ1v) is 9.62. The molecule has 0 aliphatic carbocycles. The van der Waals surface area contributed by atoms with E-state index in [0.29, 0.717) is 43.9 Å². The van der Waals surface area contributed by atoms with Crippen molar-refractivity contribution in [3.8, 4) is 0 Å². The Labute approximate surface area is 136 Å². The zero-order chi connectivity index (χ0) is 16.7. The minimum absolute atomic E-state index is 0.0603. The second-order valence-electron chi connectivity index (χ2n) is 6.48. The summed E-state index contributed by atoms with van der Waals surface area (Å²) in [5.41, 5.74) is 0.122. The molecular weight excluding hydrogens is 320 g/mol. The van der Waals surface area contributed by atoms with Crippen LogP contribution in [0.5, 0.6) is 0 Å². The van der Waals surface area contributed by atoms with Gasteiger partial charge in [0.05, 0.1) is 30.2 Å². The number of nitrogens with zero attached hydrogens (tertiary/aromatic N) is 1. The van der Waals surface area contributed by atoms with Crippen molar-refractivity contribution < 1.29 is 22.4 Å². The third-order valence-corrected chi connectivity index (χ3v) is 5.33. The molecule has 1 spiro atoms. The van der Waals surface area contributed by atoms with Gasteiger partial charge in [-0.2, -0.15) is 0 Å². The number of amides is 1. The smallest absolute Gasteiger partial charge is 0.257 e. The molecule has 23 heavy (non-hydrogen) atoms. The van der Waals surface area contributed by atoms with E-state index in [4.69, 9.17) is 9.15 Å². The number of rotatable bonds is 3. The van der Waals surface area contributed by atoms with E-state index in [1.807, 2.05) is 0 Å². The minimum Gasteiger partial charge on any atom is -0.469 e. The highest BCUT2D eigenvalue weighted by Crippen LogP contribution is 2.35. The number of hydrogen-bond acceptors (Lipinski definition) is 5. The molecule has 7 nitrogen and oxygen atoms in total. The Hall–Kier alpha value is -1.38. The lowest BCUT2D eigenvalue weighted by molar-refractivity contribution is -0.0763. The Morgan fingerprint density at radius 1 is 1.48 bits per heavy atom. The molecule has 0 bridgehead atoms.